The highest BCUT2D eigenvalue weighted by molar-refractivity contribution is 8.26. The van der Waals surface area contributed by atoms with Gasteiger partial charge in [0.2, 0.25) is 5.91 Å². The number of nitrogens with zero attached hydrogens (tertiary/aromatic N) is 2. The van der Waals surface area contributed by atoms with Gasteiger partial charge in [-0.3, -0.25) is 29.0 Å². The monoisotopic (exact) mass is 537 g/mol. The van der Waals surface area contributed by atoms with Crippen LogP contribution in [0.15, 0.2) is 59.5 Å². The van der Waals surface area contributed by atoms with E-state index in [0.29, 0.717) is 54.3 Å². The maximum absolute atomic E-state index is 13.5. The van der Waals surface area contributed by atoms with Gasteiger partial charge in [0.05, 0.1) is 16.2 Å². The normalized spacial score (nSPS) is 16.9. The number of rotatable bonds is 11. The lowest BCUT2D eigenvalue weighted by Gasteiger charge is -2.17. The van der Waals surface area contributed by atoms with Crippen molar-refractivity contribution in [2.75, 3.05) is 24.5 Å². The lowest BCUT2D eigenvalue weighted by atomic mass is 10.1. The number of hydrogen-bond acceptors (Lipinski definition) is 6. The van der Waals surface area contributed by atoms with E-state index >= 15 is 0 Å². The molecule has 3 amide bonds. The first-order valence-electron chi connectivity index (χ1n) is 12.1. The van der Waals surface area contributed by atoms with Crippen LogP contribution < -0.4 is 10.2 Å². The Morgan fingerprint density at radius 2 is 1.65 bits per heavy atom. The van der Waals surface area contributed by atoms with E-state index in [1.165, 1.54) is 9.80 Å². The van der Waals surface area contributed by atoms with Crippen LogP contribution in [0.3, 0.4) is 0 Å². The Morgan fingerprint density at radius 3 is 2.41 bits per heavy atom. The fourth-order valence-electron chi connectivity index (χ4n) is 4.31. The fraction of sp³-hybridized carbons (Fsp3) is 0.296. The van der Waals surface area contributed by atoms with E-state index in [9.17, 15) is 19.2 Å². The summed E-state index contributed by atoms with van der Waals surface area (Å²) in [5, 5.41) is 11.6. The standard InChI is InChI=1S/C27H27N3O5S2/c31-21(28-15-14-18-9-3-1-4-10-18)17-30-20-12-7-6-11-19(20)23(25(30)34)24-26(35)29(27(36)37-24)16-8-2-5-13-22(32)33/h1,3-4,6-7,9-12H,2,5,8,13-17H2,(H,28,31)(H,32,33). The number of amides is 3. The number of hydrogen-bond donors (Lipinski definition) is 2. The summed E-state index contributed by atoms with van der Waals surface area (Å²) in [4.78, 5) is 53.3. The van der Waals surface area contributed by atoms with Crippen molar-refractivity contribution in [2.45, 2.75) is 32.1 Å². The number of thioether (sulfide) groups is 1. The van der Waals surface area contributed by atoms with Crippen molar-refractivity contribution in [3.8, 4) is 0 Å². The molecule has 0 radical (unpaired) electrons. The van der Waals surface area contributed by atoms with E-state index in [0.717, 1.165) is 17.3 Å². The highest BCUT2D eigenvalue weighted by atomic mass is 32.2. The van der Waals surface area contributed by atoms with Gasteiger partial charge in [-0.2, -0.15) is 0 Å². The van der Waals surface area contributed by atoms with Crippen LogP contribution in [0, 0.1) is 0 Å². The Balaban J connectivity index is 1.44. The first kappa shape index (κ1) is 26.6. The van der Waals surface area contributed by atoms with Crippen LogP contribution in [0.4, 0.5) is 5.69 Å². The first-order chi connectivity index (χ1) is 17.9. The second-order valence-electron chi connectivity index (χ2n) is 8.73. The van der Waals surface area contributed by atoms with Crippen LogP contribution in [-0.2, 0) is 25.6 Å². The number of thiocarbonyl (C=S) groups is 1. The smallest absolute Gasteiger partial charge is 0.303 e. The van der Waals surface area contributed by atoms with Crippen molar-refractivity contribution in [3.63, 3.8) is 0 Å². The molecule has 1 saturated heterocycles. The third kappa shape index (κ3) is 6.26. The number of carboxylic acid groups (broad SMARTS) is 1. The Bertz CT molecular complexity index is 1260. The number of carboxylic acids is 1. The Kier molecular flexibility index (Phi) is 8.73. The van der Waals surface area contributed by atoms with Crippen molar-refractivity contribution in [1.82, 2.24) is 10.2 Å². The van der Waals surface area contributed by atoms with Gasteiger partial charge in [-0.25, -0.2) is 0 Å². The fourth-order valence-corrected chi connectivity index (χ4v) is 5.69. The van der Waals surface area contributed by atoms with Crippen molar-refractivity contribution in [2.24, 2.45) is 0 Å². The van der Waals surface area contributed by atoms with E-state index in [1.54, 1.807) is 24.3 Å². The quantitative estimate of drug-likeness (QED) is 0.256. The molecule has 2 N–H and O–H groups in total. The molecule has 0 bridgehead atoms. The summed E-state index contributed by atoms with van der Waals surface area (Å²) in [6.45, 7) is 0.660. The number of benzene rings is 2. The lowest BCUT2D eigenvalue weighted by Crippen LogP contribution is -2.39. The first-order valence-corrected chi connectivity index (χ1v) is 13.3. The van der Waals surface area contributed by atoms with Gasteiger partial charge in [0.15, 0.2) is 0 Å². The van der Waals surface area contributed by atoms with E-state index in [1.807, 2.05) is 30.3 Å². The average Bonchev–Trinajstić information content (AvgIpc) is 3.31. The molecule has 2 aliphatic rings. The molecule has 2 aromatic rings. The van der Waals surface area contributed by atoms with Gasteiger partial charge in [0.1, 0.15) is 10.9 Å². The number of aliphatic carboxylic acids is 1. The van der Waals surface area contributed by atoms with Gasteiger partial charge in [-0.15, -0.1) is 0 Å². The van der Waals surface area contributed by atoms with Gasteiger partial charge in [0, 0.05) is 25.1 Å². The molecule has 0 spiro atoms. The highest BCUT2D eigenvalue weighted by Gasteiger charge is 2.42. The van der Waals surface area contributed by atoms with Gasteiger partial charge >= 0.3 is 5.97 Å². The predicted octanol–water partition coefficient (Wildman–Crippen LogP) is 3.61. The summed E-state index contributed by atoms with van der Waals surface area (Å²) in [5.41, 5.74) is 2.56. The lowest BCUT2D eigenvalue weighted by molar-refractivity contribution is -0.137. The molecule has 37 heavy (non-hydrogen) atoms. The minimum atomic E-state index is -0.844. The number of carbonyl (C=O) groups is 4. The number of para-hydroxylation sites is 1. The molecule has 0 aliphatic carbocycles. The van der Waals surface area contributed by atoms with Crippen LogP contribution in [0.25, 0.3) is 5.57 Å². The second-order valence-corrected chi connectivity index (χ2v) is 10.4. The summed E-state index contributed by atoms with van der Waals surface area (Å²) in [6.07, 6.45) is 2.57. The Labute approximate surface area is 224 Å². The highest BCUT2D eigenvalue weighted by Crippen LogP contribution is 2.44. The second kappa shape index (κ2) is 12.2. The van der Waals surface area contributed by atoms with E-state index in [4.69, 9.17) is 17.3 Å². The Hall–Kier alpha value is -3.50. The minimum Gasteiger partial charge on any atom is -0.481 e. The molecule has 0 atom stereocenters. The summed E-state index contributed by atoms with van der Waals surface area (Å²) in [7, 11) is 0. The molecule has 1 fully saturated rings. The largest absolute Gasteiger partial charge is 0.481 e. The molecule has 2 heterocycles. The van der Waals surface area contributed by atoms with Gasteiger partial charge in [0.25, 0.3) is 11.8 Å². The Morgan fingerprint density at radius 1 is 0.919 bits per heavy atom. The van der Waals surface area contributed by atoms with E-state index in [2.05, 4.69) is 5.32 Å². The number of anilines is 1. The molecule has 0 aromatic heterocycles. The van der Waals surface area contributed by atoms with Crippen LogP contribution in [-0.4, -0.2) is 57.7 Å². The maximum atomic E-state index is 13.5. The molecule has 2 aromatic carbocycles. The molecular weight excluding hydrogens is 510 g/mol. The summed E-state index contributed by atoms with van der Waals surface area (Å²) in [6, 6.07) is 16.9. The molecule has 8 nitrogen and oxygen atoms in total. The molecular formula is C27H27N3O5S2. The summed E-state index contributed by atoms with van der Waals surface area (Å²) < 4.78 is 0.369. The van der Waals surface area contributed by atoms with E-state index in [-0.39, 0.29) is 35.3 Å². The average molecular weight is 538 g/mol. The molecule has 0 unspecified atom stereocenters. The predicted molar refractivity (Wildman–Crippen MR) is 147 cm³/mol. The van der Waals surface area contributed by atoms with Crippen LogP contribution in [0.1, 0.15) is 36.8 Å². The number of fused-ring (bicyclic) bond motifs is 1. The van der Waals surface area contributed by atoms with Crippen molar-refractivity contribution in [3.05, 3.63) is 70.6 Å². The van der Waals surface area contributed by atoms with Crippen molar-refractivity contribution >= 4 is 63.3 Å². The number of nitrogens with one attached hydrogen (secondary N) is 1. The minimum absolute atomic E-state index is 0.0867. The number of unbranched alkanes of at least 4 members (excludes halogenated alkanes) is 2. The third-order valence-electron chi connectivity index (χ3n) is 6.15. The SMILES string of the molecule is O=C(O)CCCCCN1C(=O)C(=C2C(=O)N(CC(=O)NCCc3ccccc3)c3ccccc32)SC1=S. The molecule has 192 valence electrons. The van der Waals surface area contributed by atoms with Crippen LogP contribution in [0.2, 0.25) is 0 Å². The van der Waals surface area contributed by atoms with Crippen molar-refractivity contribution < 1.29 is 24.3 Å². The van der Waals surface area contributed by atoms with Crippen LogP contribution >= 0.6 is 24.0 Å². The molecule has 10 heteroatoms. The molecule has 2 aliphatic heterocycles. The van der Waals surface area contributed by atoms with Crippen LogP contribution in [0.5, 0.6) is 0 Å². The third-order valence-corrected chi connectivity index (χ3v) is 7.60. The zero-order chi connectivity index (χ0) is 26.4. The summed E-state index contributed by atoms with van der Waals surface area (Å²) >= 11 is 6.52. The van der Waals surface area contributed by atoms with E-state index < -0.39 is 11.9 Å². The van der Waals surface area contributed by atoms with Crippen molar-refractivity contribution in [1.29, 1.82) is 0 Å². The number of carbonyl (C=O) groups excluding carboxylic acids is 3. The van der Waals surface area contributed by atoms with Gasteiger partial charge in [-0.1, -0.05) is 78.9 Å². The maximum Gasteiger partial charge on any atom is 0.303 e. The van der Waals surface area contributed by atoms with Gasteiger partial charge in [-0.05, 0) is 30.9 Å². The molecule has 4 rings (SSSR count). The molecule has 0 saturated carbocycles. The zero-order valence-electron chi connectivity index (χ0n) is 20.1. The van der Waals surface area contributed by atoms with Gasteiger partial charge < -0.3 is 10.4 Å². The summed E-state index contributed by atoms with van der Waals surface area (Å²) in [5.74, 6) is -1.86. The topological polar surface area (TPSA) is 107 Å². The zero-order valence-corrected chi connectivity index (χ0v) is 21.8.